The first-order chi connectivity index (χ1) is 12.6. The maximum Gasteiger partial charge on any atom is 0.230 e. The number of nitrogens with one attached hydrogen (secondary N) is 1. The summed E-state index contributed by atoms with van der Waals surface area (Å²) in [6.45, 7) is 1.75. The molecule has 0 spiro atoms. The molecule has 0 radical (unpaired) electrons. The van der Waals surface area contributed by atoms with E-state index in [9.17, 15) is 9.18 Å². The molecule has 136 valence electrons. The van der Waals surface area contributed by atoms with Crippen molar-refractivity contribution < 1.29 is 13.9 Å². The van der Waals surface area contributed by atoms with Gasteiger partial charge in [0, 0.05) is 25.2 Å². The van der Waals surface area contributed by atoms with Crippen molar-refractivity contribution in [2.45, 2.75) is 36.5 Å². The molecular weight excluding hydrogens is 329 g/mol. The first-order valence-corrected chi connectivity index (χ1v) is 9.32. The highest BCUT2D eigenvalue weighted by atomic mass is 19.1. The highest BCUT2D eigenvalue weighted by molar-refractivity contribution is 5.88. The van der Waals surface area contributed by atoms with Crippen LogP contribution < -0.4 is 5.32 Å². The fourth-order valence-electron chi connectivity index (χ4n) is 4.06. The molecule has 1 saturated heterocycles. The van der Waals surface area contributed by atoms with E-state index >= 15 is 0 Å². The average Bonchev–Trinajstić information content (AvgIpc) is 3.49. The van der Waals surface area contributed by atoms with Crippen LogP contribution in [0.25, 0.3) is 0 Å². The third-order valence-electron chi connectivity index (χ3n) is 6.00. The van der Waals surface area contributed by atoms with Gasteiger partial charge in [0.1, 0.15) is 5.82 Å². The van der Waals surface area contributed by atoms with Crippen LogP contribution in [-0.4, -0.2) is 25.7 Å². The Morgan fingerprint density at radius 2 is 1.58 bits per heavy atom. The zero-order valence-corrected chi connectivity index (χ0v) is 14.8. The SMILES string of the molecule is O=C(NCC1(c2ccccc2)CC1)C1(c2ccc(F)cc2)CCOCC1. The molecule has 1 amide bonds. The molecule has 2 aromatic carbocycles. The van der Waals surface area contributed by atoms with E-state index in [0.29, 0.717) is 32.6 Å². The second-order valence-electron chi connectivity index (χ2n) is 7.53. The highest BCUT2D eigenvalue weighted by Gasteiger charge is 2.47. The van der Waals surface area contributed by atoms with Gasteiger partial charge in [-0.25, -0.2) is 4.39 Å². The minimum Gasteiger partial charge on any atom is -0.381 e. The summed E-state index contributed by atoms with van der Waals surface area (Å²) in [6.07, 6.45) is 3.46. The summed E-state index contributed by atoms with van der Waals surface area (Å²) in [5.41, 5.74) is 1.62. The normalized spacial score (nSPS) is 20.3. The minimum absolute atomic E-state index is 0.0367. The molecule has 0 bridgehead atoms. The topological polar surface area (TPSA) is 38.3 Å². The van der Waals surface area contributed by atoms with Crippen LogP contribution in [0.3, 0.4) is 0 Å². The zero-order chi connectivity index (χ0) is 18.0. The van der Waals surface area contributed by atoms with Gasteiger partial charge in [-0.05, 0) is 48.9 Å². The third-order valence-corrected chi connectivity index (χ3v) is 6.00. The first kappa shape index (κ1) is 17.2. The van der Waals surface area contributed by atoms with E-state index in [0.717, 1.165) is 18.4 Å². The largest absolute Gasteiger partial charge is 0.381 e. The van der Waals surface area contributed by atoms with Crippen molar-refractivity contribution in [2.24, 2.45) is 0 Å². The molecule has 2 aliphatic rings. The van der Waals surface area contributed by atoms with Gasteiger partial charge in [-0.15, -0.1) is 0 Å². The van der Waals surface area contributed by atoms with Gasteiger partial charge < -0.3 is 10.1 Å². The first-order valence-electron chi connectivity index (χ1n) is 9.32. The summed E-state index contributed by atoms with van der Waals surface area (Å²) in [6, 6.07) is 16.8. The van der Waals surface area contributed by atoms with E-state index in [1.165, 1.54) is 17.7 Å². The van der Waals surface area contributed by atoms with Crippen LogP contribution in [0.5, 0.6) is 0 Å². The number of hydrogen-bond acceptors (Lipinski definition) is 2. The maximum absolute atomic E-state index is 13.4. The lowest BCUT2D eigenvalue weighted by Crippen LogP contribution is -2.49. The average molecular weight is 353 g/mol. The van der Waals surface area contributed by atoms with E-state index in [2.05, 4.69) is 29.6 Å². The molecule has 1 aliphatic carbocycles. The molecule has 1 N–H and O–H groups in total. The molecule has 0 unspecified atom stereocenters. The molecule has 1 aliphatic heterocycles. The number of amides is 1. The van der Waals surface area contributed by atoms with Crippen LogP contribution >= 0.6 is 0 Å². The quantitative estimate of drug-likeness (QED) is 0.890. The number of hydrogen-bond donors (Lipinski definition) is 1. The van der Waals surface area contributed by atoms with Crippen LogP contribution in [0.15, 0.2) is 54.6 Å². The summed E-state index contributed by atoms with van der Waals surface area (Å²) in [7, 11) is 0. The Kier molecular flexibility index (Phi) is 4.53. The van der Waals surface area contributed by atoms with Crippen LogP contribution in [0.1, 0.15) is 36.8 Å². The van der Waals surface area contributed by atoms with Gasteiger partial charge in [0.15, 0.2) is 0 Å². The Morgan fingerprint density at radius 1 is 0.923 bits per heavy atom. The predicted molar refractivity (Wildman–Crippen MR) is 98.5 cm³/mol. The van der Waals surface area contributed by atoms with Gasteiger partial charge in [0.25, 0.3) is 0 Å². The van der Waals surface area contributed by atoms with Gasteiger partial charge in [-0.2, -0.15) is 0 Å². The number of halogens is 1. The van der Waals surface area contributed by atoms with Gasteiger partial charge in [0.05, 0.1) is 5.41 Å². The number of rotatable bonds is 5. The summed E-state index contributed by atoms with van der Waals surface area (Å²) >= 11 is 0. The molecule has 0 atom stereocenters. The van der Waals surface area contributed by atoms with E-state index in [4.69, 9.17) is 4.74 Å². The van der Waals surface area contributed by atoms with Crippen LogP contribution in [-0.2, 0) is 20.4 Å². The minimum atomic E-state index is -0.626. The second kappa shape index (κ2) is 6.84. The Bertz CT molecular complexity index is 762. The Hall–Kier alpha value is -2.20. The van der Waals surface area contributed by atoms with E-state index < -0.39 is 5.41 Å². The van der Waals surface area contributed by atoms with Gasteiger partial charge in [-0.1, -0.05) is 42.5 Å². The fourth-order valence-corrected chi connectivity index (χ4v) is 4.06. The number of carbonyl (C=O) groups is 1. The molecule has 1 heterocycles. The van der Waals surface area contributed by atoms with Crippen molar-refractivity contribution in [2.75, 3.05) is 19.8 Å². The van der Waals surface area contributed by atoms with Crippen molar-refractivity contribution >= 4 is 5.91 Å². The third kappa shape index (κ3) is 3.14. The standard InChI is InChI=1S/C22H24FNO2/c23-19-8-6-18(7-9-19)22(12-14-26-15-13-22)20(25)24-16-21(10-11-21)17-4-2-1-3-5-17/h1-9H,10-16H2,(H,24,25). The molecule has 1 saturated carbocycles. The monoisotopic (exact) mass is 353 g/mol. The molecular formula is C22H24FNO2. The number of ether oxygens (including phenoxy) is 1. The lowest BCUT2D eigenvalue weighted by atomic mass is 9.73. The van der Waals surface area contributed by atoms with Crippen molar-refractivity contribution in [3.63, 3.8) is 0 Å². The molecule has 2 aromatic rings. The van der Waals surface area contributed by atoms with Crippen molar-refractivity contribution in [1.82, 2.24) is 5.32 Å². The summed E-state index contributed by atoms with van der Waals surface area (Å²) in [4.78, 5) is 13.3. The summed E-state index contributed by atoms with van der Waals surface area (Å²) < 4.78 is 18.8. The predicted octanol–water partition coefficient (Wildman–Crippen LogP) is 3.72. The number of carbonyl (C=O) groups excluding carboxylic acids is 1. The number of benzene rings is 2. The second-order valence-corrected chi connectivity index (χ2v) is 7.53. The Balaban J connectivity index is 1.53. The van der Waals surface area contributed by atoms with Gasteiger partial charge in [-0.3, -0.25) is 4.79 Å². The highest BCUT2D eigenvalue weighted by Crippen LogP contribution is 2.47. The lowest BCUT2D eigenvalue weighted by molar-refractivity contribution is -0.130. The van der Waals surface area contributed by atoms with Crippen molar-refractivity contribution in [1.29, 1.82) is 0 Å². The van der Waals surface area contributed by atoms with Gasteiger partial charge >= 0.3 is 0 Å². The molecule has 4 heteroatoms. The van der Waals surface area contributed by atoms with E-state index in [1.807, 2.05) is 6.07 Å². The van der Waals surface area contributed by atoms with E-state index in [-0.39, 0.29) is 17.1 Å². The summed E-state index contributed by atoms with van der Waals surface area (Å²) in [5, 5.41) is 3.22. The van der Waals surface area contributed by atoms with Crippen LogP contribution in [0.4, 0.5) is 4.39 Å². The molecule has 26 heavy (non-hydrogen) atoms. The van der Waals surface area contributed by atoms with Crippen molar-refractivity contribution in [3.8, 4) is 0 Å². The summed E-state index contributed by atoms with van der Waals surface area (Å²) in [5.74, 6) is -0.244. The van der Waals surface area contributed by atoms with Gasteiger partial charge in [0.2, 0.25) is 5.91 Å². The fraction of sp³-hybridized carbons (Fsp3) is 0.409. The molecule has 3 nitrogen and oxygen atoms in total. The van der Waals surface area contributed by atoms with Crippen LogP contribution in [0.2, 0.25) is 0 Å². The maximum atomic E-state index is 13.4. The van der Waals surface area contributed by atoms with Crippen LogP contribution in [0, 0.1) is 5.82 Å². The molecule has 0 aromatic heterocycles. The zero-order valence-electron chi connectivity index (χ0n) is 14.8. The molecule has 4 rings (SSSR count). The van der Waals surface area contributed by atoms with Crippen molar-refractivity contribution in [3.05, 3.63) is 71.5 Å². The molecule has 2 fully saturated rings. The smallest absolute Gasteiger partial charge is 0.230 e. The lowest BCUT2D eigenvalue weighted by Gasteiger charge is -2.36. The Morgan fingerprint density at radius 3 is 2.19 bits per heavy atom. The Labute approximate surface area is 153 Å². The van der Waals surface area contributed by atoms with E-state index in [1.54, 1.807) is 12.1 Å².